The summed E-state index contributed by atoms with van der Waals surface area (Å²) in [6.45, 7) is 2.54. The first-order valence-corrected chi connectivity index (χ1v) is 6.50. The third-order valence-corrected chi connectivity index (χ3v) is 4.51. The summed E-state index contributed by atoms with van der Waals surface area (Å²) in [5.41, 5.74) is -0.756. The molecule has 0 saturated carbocycles. The van der Waals surface area contributed by atoms with Gasteiger partial charge in [0.05, 0.1) is 0 Å². The molecule has 0 aliphatic carbocycles. The van der Waals surface area contributed by atoms with Gasteiger partial charge in [-0.1, -0.05) is 11.6 Å². The number of rotatable bonds is 2. The van der Waals surface area contributed by atoms with E-state index >= 15 is 0 Å². The highest BCUT2D eigenvalue weighted by atomic mass is 35.5. The van der Waals surface area contributed by atoms with Crippen molar-refractivity contribution in [1.82, 2.24) is 9.55 Å². The molecule has 6 heteroatoms. The van der Waals surface area contributed by atoms with Gasteiger partial charge in [0, 0.05) is 17.4 Å². The predicted octanol–water partition coefficient (Wildman–Crippen LogP) is 1.48. The standard InChI is InChI=1S/C10H13ClN2O2S/c1-10(3-2-4-16-10)6-13-8(14)5-7(11)12-9(13)15/h5H,2-4,6H2,1H3,(H,12,15). The molecule has 1 unspecified atom stereocenters. The van der Waals surface area contributed by atoms with Gasteiger partial charge in [0.15, 0.2) is 0 Å². The van der Waals surface area contributed by atoms with E-state index < -0.39 is 5.69 Å². The van der Waals surface area contributed by atoms with E-state index in [-0.39, 0.29) is 15.5 Å². The van der Waals surface area contributed by atoms with E-state index in [1.165, 1.54) is 10.6 Å². The largest absolute Gasteiger partial charge is 0.329 e. The summed E-state index contributed by atoms with van der Waals surface area (Å²) in [6.07, 6.45) is 2.17. The number of thioether (sulfide) groups is 1. The molecule has 0 aromatic carbocycles. The van der Waals surface area contributed by atoms with Crippen molar-refractivity contribution >= 4 is 23.4 Å². The van der Waals surface area contributed by atoms with Gasteiger partial charge in [-0.05, 0) is 25.5 Å². The molecule has 1 saturated heterocycles. The first-order chi connectivity index (χ1) is 7.50. The van der Waals surface area contributed by atoms with Crippen LogP contribution >= 0.6 is 23.4 Å². The normalized spacial score (nSPS) is 24.9. The molecule has 0 bridgehead atoms. The summed E-state index contributed by atoms with van der Waals surface area (Å²) in [7, 11) is 0. The summed E-state index contributed by atoms with van der Waals surface area (Å²) < 4.78 is 1.22. The van der Waals surface area contributed by atoms with Gasteiger partial charge >= 0.3 is 5.69 Å². The van der Waals surface area contributed by atoms with E-state index in [1.807, 2.05) is 11.8 Å². The lowest BCUT2D eigenvalue weighted by Crippen LogP contribution is -2.40. The molecule has 2 heterocycles. The predicted molar refractivity (Wildman–Crippen MR) is 66.4 cm³/mol. The Balaban J connectivity index is 2.35. The Bertz CT molecular complexity index is 471. The molecule has 2 rings (SSSR count). The van der Waals surface area contributed by atoms with Gasteiger partial charge in [0.1, 0.15) is 5.15 Å². The Morgan fingerprint density at radius 3 is 2.94 bits per heavy atom. The number of nitrogens with zero attached hydrogens (tertiary/aromatic N) is 1. The van der Waals surface area contributed by atoms with E-state index in [9.17, 15) is 9.59 Å². The first kappa shape index (κ1) is 11.8. The van der Waals surface area contributed by atoms with Gasteiger partial charge in [-0.3, -0.25) is 14.3 Å². The molecular weight excluding hydrogens is 248 g/mol. The number of H-pyrrole nitrogens is 1. The fourth-order valence-corrected chi connectivity index (χ4v) is 3.40. The summed E-state index contributed by atoms with van der Waals surface area (Å²) in [5, 5.41) is 0.0930. The van der Waals surface area contributed by atoms with Gasteiger partial charge in [0.25, 0.3) is 5.56 Å². The molecule has 0 spiro atoms. The summed E-state index contributed by atoms with van der Waals surface area (Å²) in [4.78, 5) is 25.7. The van der Waals surface area contributed by atoms with Crippen LogP contribution in [0.5, 0.6) is 0 Å². The SMILES string of the molecule is CC1(Cn2c(=O)cc(Cl)[nH]c2=O)CCCS1. The number of nitrogens with one attached hydrogen (secondary N) is 1. The number of hydrogen-bond donors (Lipinski definition) is 1. The monoisotopic (exact) mass is 260 g/mol. The molecule has 1 fully saturated rings. The molecule has 1 atom stereocenters. The van der Waals surface area contributed by atoms with Crippen LogP contribution < -0.4 is 11.2 Å². The fourth-order valence-electron chi connectivity index (χ4n) is 1.94. The van der Waals surface area contributed by atoms with Crippen molar-refractivity contribution in [3.8, 4) is 0 Å². The van der Waals surface area contributed by atoms with E-state index in [0.29, 0.717) is 6.54 Å². The Kier molecular flexibility index (Phi) is 3.17. The molecule has 0 radical (unpaired) electrons. The molecule has 1 aromatic rings. The summed E-state index contributed by atoms with van der Waals surface area (Å²) in [6, 6.07) is 1.24. The molecule has 16 heavy (non-hydrogen) atoms. The molecule has 1 N–H and O–H groups in total. The van der Waals surface area contributed by atoms with E-state index in [4.69, 9.17) is 11.6 Å². The molecule has 1 aliphatic rings. The zero-order chi connectivity index (χ0) is 11.8. The van der Waals surface area contributed by atoms with Crippen LogP contribution in [0.25, 0.3) is 0 Å². The van der Waals surface area contributed by atoms with Gasteiger partial charge in [-0.15, -0.1) is 0 Å². The van der Waals surface area contributed by atoms with Crippen LogP contribution in [0.4, 0.5) is 0 Å². The van der Waals surface area contributed by atoms with Crippen molar-refractivity contribution in [2.24, 2.45) is 0 Å². The minimum Gasteiger partial charge on any atom is -0.298 e. The third kappa shape index (κ3) is 2.35. The maximum Gasteiger partial charge on any atom is 0.329 e. The smallest absolute Gasteiger partial charge is 0.298 e. The summed E-state index contributed by atoms with van der Waals surface area (Å²) in [5.74, 6) is 1.09. The van der Waals surface area contributed by atoms with E-state index in [2.05, 4.69) is 11.9 Å². The maximum absolute atomic E-state index is 11.6. The Morgan fingerprint density at radius 2 is 2.38 bits per heavy atom. The Morgan fingerprint density at radius 1 is 1.62 bits per heavy atom. The van der Waals surface area contributed by atoms with Crippen LogP contribution in [-0.2, 0) is 6.54 Å². The lowest BCUT2D eigenvalue weighted by molar-refractivity contribution is 0.485. The lowest BCUT2D eigenvalue weighted by Gasteiger charge is -2.22. The van der Waals surface area contributed by atoms with Crippen molar-refractivity contribution in [3.63, 3.8) is 0 Å². The molecule has 1 aromatic heterocycles. The van der Waals surface area contributed by atoms with E-state index in [0.717, 1.165) is 18.6 Å². The Hall–Kier alpha value is -0.680. The minimum atomic E-state index is -0.425. The highest BCUT2D eigenvalue weighted by Crippen LogP contribution is 2.38. The molecule has 4 nitrogen and oxygen atoms in total. The van der Waals surface area contributed by atoms with Crippen LogP contribution in [0.3, 0.4) is 0 Å². The quantitative estimate of drug-likeness (QED) is 0.820. The molecule has 1 aliphatic heterocycles. The van der Waals surface area contributed by atoms with Crippen molar-refractivity contribution < 1.29 is 0 Å². The van der Waals surface area contributed by atoms with Gasteiger partial charge in [-0.2, -0.15) is 11.8 Å². The molecule has 88 valence electrons. The van der Waals surface area contributed by atoms with Crippen LogP contribution in [0.1, 0.15) is 19.8 Å². The lowest BCUT2D eigenvalue weighted by atomic mass is 10.1. The van der Waals surface area contributed by atoms with Gasteiger partial charge in [-0.25, -0.2) is 4.79 Å². The van der Waals surface area contributed by atoms with Crippen molar-refractivity contribution in [1.29, 1.82) is 0 Å². The second-order valence-electron chi connectivity index (χ2n) is 4.25. The number of hydrogen-bond acceptors (Lipinski definition) is 3. The van der Waals surface area contributed by atoms with Crippen molar-refractivity contribution in [3.05, 3.63) is 32.1 Å². The second kappa shape index (κ2) is 4.30. The van der Waals surface area contributed by atoms with Crippen molar-refractivity contribution in [2.45, 2.75) is 31.1 Å². The maximum atomic E-state index is 11.6. The average molecular weight is 261 g/mol. The number of halogens is 1. The average Bonchev–Trinajstić information content (AvgIpc) is 2.59. The number of aromatic nitrogens is 2. The topological polar surface area (TPSA) is 54.9 Å². The van der Waals surface area contributed by atoms with Crippen molar-refractivity contribution in [2.75, 3.05) is 5.75 Å². The highest BCUT2D eigenvalue weighted by Gasteiger charge is 2.30. The van der Waals surface area contributed by atoms with Crippen LogP contribution in [0.2, 0.25) is 5.15 Å². The third-order valence-electron chi connectivity index (χ3n) is 2.78. The van der Waals surface area contributed by atoms with Gasteiger partial charge < -0.3 is 0 Å². The minimum absolute atomic E-state index is 0.00927. The zero-order valence-corrected chi connectivity index (χ0v) is 10.5. The fraction of sp³-hybridized carbons (Fsp3) is 0.600. The van der Waals surface area contributed by atoms with Crippen LogP contribution in [0, 0.1) is 0 Å². The van der Waals surface area contributed by atoms with Crippen LogP contribution in [0.15, 0.2) is 15.7 Å². The summed E-state index contributed by atoms with van der Waals surface area (Å²) >= 11 is 7.42. The Labute approximate surface area is 102 Å². The zero-order valence-electron chi connectivity index (χ0n) is 8.96. The number of aromatic amines is 1. The molecular formula is C10H13ClN2O2S. The molecule has 0 amide bonds. The van der Waals surface area contributed by atoms with Crippen LogP contribution in [-0.4, -0.2) is 20.1 Å². The highest BCUT2D eigenvalue weighted by molar-refractivity contribution is 8.00. The first-order valence-electron chi connectivity index (χ1n) is 5.14. The second-order valence-corrected chi connectivity index (χ2v) is 6.34. The van der Waals surface area contributed by atoms with E-state index in [1.54, 1.807) is 0 Å². The van der Waals surface area contributed by atoms with Gasteiger partial charge in [0.2, 0.25) is 0 Å².